The highest BCUT2D eigenvalue weighted by atomic mass is 127. The van der Waals surface area contributed by atoms with Gasteiger partial charge in [0.05, 0.1) is 12.1 Å². The topological polar surface area (TPSA) is 40.1 Å². The summed E-state index contributed by atoms with van der Waals surface area (Å²) in [5.74, 6) is -0.306. The number of hydrogen-bond acceptors (Lipinski definition) is 3. The van der Waals surface area contributed by atoms with E-state index in [1.165, 1.54) is 18.2 Å². The molecule has 1 aromatic carbocycles. The second-order valence-corrected chi connectivity index (χ2v) is 6.68. The van der Waals surface area contributed by atoms with Crippen molar-refractivity contribution < 1.29 is 13.5 Å². The minimum absolute atomic E-state index is 0. The van der Waals surface area contributed by atoms with Gasteiger partial charge in [0.25, 0.3) is 0 Å². The zero-order valence-corrected chi connectivity index (χ0v) is 18.9. The van der Waals surface area contributed by atoms with Crippen molar-refractivity contribution in [3.8, 4) is 0 Å². The normalized spacial score (nSPS) is 17.0. The van der Waals surface area contributed by atoms with E-state index in [1.54, 1.807) is 7.05 Å². The molecule has 1 fully saturated rings. The van der Waals surface area contributed by atoms with E-state index < -0.39 is 17.7 Å². The highest BCUT2D eigenvalue weighted by Crippen LogP contribution is 2.24. The van der Waals surface area contributed by atoms with Crippen molar-refractivity contribution in [1.82, 2.24) is 15.1 Å². The Kier molecular flexibility index (Phi) is 10.5. The monoisotopic (exact) mass is 496 g/mol. The summed E-state index contributed by atoms with van der Waals surface area (Å²) < 4.78 is 34.1. The molecule has 0 aliphatic carbocycles. The predicted molar refractivity (Wildman–Crippen MR) is 116 cm³/mol. The second kappa shape index (κ2) is 11.8. The zero-order valence-electron chi connectivity index (χ0n) is 16.5. The molecule has 8 heteroatoms. The van der Waals surface area contributed by atoms with E-state index in [1.807, 2.05) is 25.9 Å². The van der Waals surface area contributed by atoms with Crippen LogP contribution in [0, 0.1) is 11.6 Å². The first-order valence-corrected chi connectivity index (χ1v) is 9.15. The van der Waals surface area contributed by atoms with E-state index in [-0.39, 0.29) is 29.5 Å². The van der Waals surface area contributed by atoms with Gasteiger partial charge in [-0.3, -0.25) is 4.99 Å². The van der Waals surface area contributed by atoms with Crippen LogP contribution in [0.3, 0.4) is 0 Å². The van der Waals surface area contributed by atoms with Gasteiger partial charge in [-0.15, -0.1) is 24.0 Å². The summed E-state index contributed by atoms with van der Waals surface area (Å²) in [7, 11) is 5.36. The van der Waals surface area contributed by atoms with Gasteiger partial charge in [0.15, 0.2) is 5.96 Å². The van der Waals surface area contributed by atoms with Crippen LogP contribution in [0.4, 0.5) is 8.78 Å². The number of guanidine groups is 1. The smallest absolute Gasteiger partial charge is 0.193 e. The quantitative estimate of drug-likeness (QED) is 0.373. The van der Waals surface area contributed by atoms with Crippen molar-refractivity contribution in [2.45, 2.75) is 31.9 Å². The van der Waals surface area contributed by atoms with Gasteiger partial charge in [-0.25, -0.2) is 8.78 Å². The van der Waals surface area contributed by atoms with E-state index in [4.69, 9.17) is 4.74 Å². The highest BCUT2D eigenvalue weighted by molar-refractivity contribution is 14.0. The van der Waals surface area contributed by atoms with Crippen LogP contribution in [0.15, 0.2) is 23.2 Å². The summed E-state index contributed by atoms with van der Waals surface area (Å²) in [6.07, 6.45) is 2.21. The summed E-state index contributed by atoms with van der Waals surface area (Å²) in [4.78, 5) is 8.31. The molecule has 1 aliphatic heterocycles. The molecular formula is C19H31F2IN4O. The highest BCUT2D eigenvalue weighted by Gasteiger charge is 2.25. The number of hydrogen-bond donors (Lipinski definition) is 1. The molecule has 1 unspecified atom stereocenters. The SMILES string of the molecule is CCOC1CCN(C(=NC)NCC(c2c(F)cccc2F)N(C)C)CC1.I. The average Bonchev–Trinajstić information content (AvgIpc) is 2.61. The van der Waals surface area contributed by atoms with Gasteiger partial charge in [-0.05, 0) is 46.0 Å². The molecule has 1 saturated heterocycles. The Morgan fingerprint density at radius 1 is 1.30 bits per heavy atom. The van der Waals surface area contributed by atoms with Gasteiger partial charge in [0.2, 0.25) is 0 Å². The Hall–Kier alpha value is -1.000. The van der Waals surface area contributed by atoms with Gasteiger partial charge in [0, 0.05) is 38.9 Å². The van der Waals surface area contributed by atoms with Gasteiger partial charge < -0.3 is 19.9 Å². The number of nitrogens with one attached hydrogen (secondary N) is 1. The van der Waals surface area contributed by atoms with Gasteiger partial charge in [0.1, 0.15) is 11.6 Å². The number of aliphatic imine (C=N–C) groups is 1. The van der Waals surface area contributed by atoms with Crippen LogP contribution in [0.2, 0.25) is 0 Å². The molecule has 1 atom stereocenters. The summed E-state index contributed by atoms with van der Waals surface area (Å²) >= 11 is 0. The minimum Gasteiger partial charge on any atom is -0.378 e. The number of benzene rings is 1. The van der Waals surface area contributed by atoms with Crippen LogP contribution < -0.4 is 5.32 Å². The lowest BCUT2D eigenvalue weighted by atomic mass is 10.0. The largest absolute Gasteiger partial charge is 0.378 e. The zero-order chi connectivity index (χ0) is 19.1. The molecule has 0 spiro atoms. The van der Waals surface area contributed by atoms with E-state index >= 15 is 0 Å². The molecule has 1 aromatic rings. The Morgan fingerprint density at radius 3 is 2.37 bits per heavy atom. The molecule has 0 saturated carbocycles. The molecule has 0 bridgehead atoms. The number of likely N-dealkylation sites (tertiary alicyclic amines) is 1. The van der Waals surface area contributed by atoms with Gasteiger partial charge >= 0.3 is 0 Å². The van der Waals surface area contributed by atoms with Crippen LogP contribution in [0.5, 0.6) is 0 Å². The van der Waals surface area contributed by atoms with Gasteiger partial charge in [-0.2, -0.15) is 0 Å². The van der Waals surface area contributed by atoms with Crippen molar-refractivity contribution in [3.05, 3.63) is 35.4 Å². The number of likely N-dealkylation sites (N-methyl/N-ethyl adjacent to an activating group) is 1. The third-order valence-electron chi connectivity index (χ3n) is 4.77. The minimum atomic E-state index is -0.530. The fourth-order valence-corrected chi connectivity index (χ4v) is 3.36. The lowest BCUT2D eigenvalue weighted by Gasteiger charge is -2.35. The van der Waals surface area contributed by atoms with E-state index in [0.29, 0.717) is 12.6 Å². The predicted octanol–water partition coefficient (Wildman–Crippen LogP) is 3.26. The molecule has 1 heterocycles. The van der Waals surface area contributed by atoms with Crippen LogP contribution in [0.1, 0.15) is 31.4 Å². The molecular weight excluding hydrogens is 465 g/mol. The molecule has 154 valence electrons. The van der Waals surface area contributed by atoms with Crippen LogP contribution in [-0.4, -0.2) is 69.2 Å². The Bertz CT molecular complexity index is 587. The maximum Gasteiger partial charge on any atom is 0.193 e. The van der Waals surface area contributed by atoms with Crippen molar-refractivity contribution in [1.29, 1.82) is 0 Å². The number of ether oxygens (including phenoxy) is 1. The molecule has 1 N–H and O–H groups in total. The lowest BCUT2D eigenvalue weighted by Crippen LogP contribution is -2.48. The number of halogens is 3. The first kappa shape index (κ1) is 24.0. The van der Waals surface area contributed by atoms with Crippen molar-refractivity contribution in [2.24, 2.45) is 4.99 Å². The molecule has 5 nitrogen and oxygen atoms in total. The summed E-state index contributed by atoms with van der Waals surface area (Å²) in [6, 6.07) is 3.54. The van der Waals surface area contributed by atoms with Crippen LogP contribution in [-0.2, 0) is 4.74 Å². The molecule has 0 radical (unpaired) electrons. The average molecular weight is 496 g/mol. The standard InChI is InChI=1S/C19H30F2N4O.HI/c1-5-26-14-9-11-25(12-10-14)19(22-2)23-13-17(24(3)4)18-15(20)7-6-8-16(18)21;/h6-8,14,17H,5,9-13H2,1-4H3,(H,22,23);1H. The Morgan fingerprint density at radius 2 is 1.89 bits per heavy atom. The fourth-order valence-electron chi connectivity index (χ4n) is 3.36. The molecule has 0 aromatic heterocycles. The van der Waals surface area contributed by atoms with E-state index in [9.17, 15) is 8.78 Å². The summed E-state index contributed by atoms with van der Waals surface area (Å²) in [5.41, 5.74) is 0.0792. The first-order valence-electron chi connectivity index (χ1n) is 9.15. The second-order valence-electron chi connectivity index (χ2n) is 6.68. The lowest BCUT2D eigenvalue weighted by molar-refractivity contribution is 0.0263. The maximum absolute atomic E-state index is 14.2. The molecule has 0 amide bonds. The number of piperidine rings is 1. The van der Waals surface area contributed by atoms with E-state index in [0.717, 1.165) is 38.5 Å². The van der Waals surface area contributed by atoms with Crippen LogP contribution in [0.25, 0.3) is 0 Å². The van der Waals surface area contributed by atoms with E-state index in [2.05, 4.69) is 15.2 Å². The third kappa shape index (κ3) is 6.53. The van der Waals surface area contributed by atoms with Crippen molar-refractivity contribution in [3.63, 3.8) is 0 Å². The number of rotatable bonds is 6. The number of nitrogens with zero attached hydrogens (tertiary/aromatic N) is 3. The van der Waals surface area contributed by atoms with Crippen molar-refractivity contribution in [2.75, 3.05) is 47.4 Å². The Labute approximate surface area is 178 Å². The molecule has 27 heavy (non-hydrogen) atoms. The third-order valence-corrected chi connectivity index (χ3v) is 4.77. The first-order chi connectivity index (χ1) is 12.5. The van der Waals surface area contributed by atoms with Crippen LogP contribution >= 0.6 is 24.0 Å². The van der Waals surface area contributed by atoms with Crippen molar-refractivity contribution >= 4 is 29.9 Å². The fraction of sp³-hybridized carbons (Fsp3) is 0.632. The molecule has 2 rings (SSSR count). The summed E-state index contributed by atoms with van der Waals surface area (Å²) in [5, 5.41) is 3.28. The Balaban J connectivity index is 0.00000364. The summed E-state index contributed by atoms with van der Waals surface area (Å²) in [6.45, 7) is 4.81. The molecule has 1 aliphatic rings. The van der Waals surface area contributed by atoms with Gasteiger partial charge in [-0.1, -0.05) is 6.07 Å². The maximum atomic E-state index is 14.2.